The third-order valence-electron chi connectivity index (χ3n) is 4.84. The van der Waals surface area contributed by atoms with E-state index < -0.39 is 0 Å². The van der Waals surface area contributed by atoms with Crippen LogP contribution in [0.2, 0.25) is 0 Å². The number of aryl methyl sites for hydroxylation is 3. The predicted octanol–water partition coefficient (Wildman–Crippen LogP) is 3.11. The highest BCUT2D eigenvalue weighted by atomic mass is 16.2. The summed E-state index contributed by atoms with van der Waals surface area (Å²) in [5.41, 5.74) is 5.02. The van der Waals surface area contributed by atoms with E-state index in [1.54, 1.807) is 23.1 Å². The predicted molar refractivity (Wildman–Crippen MR) is 110 cm³/mol. The Labute approximate surface area is 164 Å². The van der Waals surface area contributed by atoms with Crippen molar-refractivity contribution < 1.29 is 14.4 Å². The van der Waals surface area contributed by atoms with Crippen LogP contribution in [0.1, 0.15) is 39.9 Å². The molecular weight excluding hydrogens is 354 g/mol. The van der Waals surface area contributed by atoms with Crippen molar-refractivity contribution in [2.45, 2.75) is 33.6 Å². The first-order valence-corrected chi connectivity index (χ1v) is 9.41. The molecule has 0 saturated carbocycles. The van der Waals surface area contributed by atoms with E-state index in [0.717, 1.165) is 28.8 Å². The van der Waals surface area contributed by atoms with E-state index in [-0.39, 0.29) is 24.3 Å². The Balaban J connectivity index is 1.61. The summed E-state index contributed by atoms with van der Waals surface area (Å²) >= 11 is 0. The molecule has 1 aliphatic heterocycles. The standard InChI is InChI=1S/C22H25N3O3/c1-14-10-15(2)21(16(3)11-14)24-19(26)13-23-22(28)17-6-4-7-18(12-17)25-9-5-8-20(25)27/h4,6-7,10-12H,5,8-9,13H2,1-3H3,(H,23,28)(H,24,26). The van der Waals surface area contributed by atoms with E-state index >= 15 is 0 Å². The van der Waals surface area contributed by atoms with Gasteiger partial charge >= 0.3 is 0 Å². The van der Waals surface area contributed by atoms with Crippen molar-refractivity contribution in [3.05, 3.63) is 58.7 Å². The van der Waals surface area contributed by atoms with Gasteiger partial charge in [-0.3, -0.25) is 14.4 Å². The lowest BCUT2D eigenvalue weighted by Gasteiger charge is -2.16. The van der Waals surface area contributed by atoms with Gasteiger partial charge in [-0.2, -0.15) is 0 Å². The van der Waals surface area contributed by atoms with Gasteiger partial charge in [0.15, 0.2) is 0 Å². The Morgan fingerprint density at radius 2 is 1.79 bits per heavy atom. The van der Waals surface area contributed by atoms with Gasteiger partial charge in [0.25, 0.3) is 5.91 Å². The highest BCUT2D eigenvalue weighted by Crippen LogP contribution is 2.23. The molecule has 0 spiro atoms. The number of benzene rings is 2. The van der Waals surface area contributed by atoms with Gasteiger partial charge in [-0.25, -0.2) is 0 Å². The molecule has 1 fully saturated rings. The minimum Gasteiger partial charge on any atom is -0.343 e. The molecule has 1 heterocycles. The minimum atomic E-state index is -0.346. The highest BCUT2D eigenvalue weighted by Gasteiger charge is 2.22. The fourth-order valence-electron chi connectivity index (χ4n) is 3.56. The molecule has 2 aromatic rings. The molecular formula is C22H25N3O3. The lowest BCUT2D eigenvalue weighted by atomic mass is 10.1. The van der Waals surface area contributed by atoms with Gasteiger partial charge in [0.1, 0.15) is 0 Å². The molecule has 0 aliphatic carbocycles. The van der Waals surface area contributed by atoms with Crippen molar-refractivity contribution >= 4 is 29.1 Å². The van der Waals surface area contributed by atoms with Crippen LogP contribution in [0, 0.1) is 20.8 Å². The van der Waals surface area contributed by atoms with Gasteiger partial charge in [-0.05, 0) is 56.5 Å². The van der Waals surface area contributed by atoms with Crippen LogP contribution in [0.4, 0.5) is 11.4 Å². The molecule has 1 saturated heterocycles. The van der Waals surface area contributed by atoms with Crippen molar-refractivity contribution in [2.24, 2.45) is 0 Å². The van der Waals surface area contributed by atoms with Gasteiger partial charge in [0.05, 0.1) is 6.54 Å². The summed E-state index contributed by atoms with van der Waals surface area (Å²) in [5.74, 6) is -0.559. The molecule has 0 unspecified atom stereocenters. The Bertz CT molecular complexity index is 913. The zero-order valence-corrected chi connectivity index (χ0v) is 16.5. The van der Waals surface area contributed by atoms with E-state index in [0.29, 0.717) is 24.2 Å². The number of nitrogens with zero attached hydrogens (tertiary/aromatic N) is 1. The first-order chi connectivity index (χ1) is 13.3. The zero-order chi connectivity index (χ0) is 20.3. The summed E-state index contributed by atoms with van der Waals surface area (Å²) in [6.07, 6.45) is 1.36. The second kappa shape index (κ2) is 8.25. The quantitative estimate of drug-likeness (QED) is 0.838. The molecule has 2 N–H and O–H groups in total. The van der Waals surface area contributed by atoms with Crippen LogP contribution in [0.3, 0.4) is 0 Å². The van der Waals surface area contributed by atoms with Gasteiger partial charge in [-0.15, -0.1) is 0 Å². The van der Waals surface area contributed by atoms with Crippen LogP contribution >= 0.6 is 0 Å². The second-order valence-electron chi connectivity index (χ2n) is 7.20. The largest absolute Gasteiger partial charge is 0.343 e. The fourth-order valence-corrected chi connectivity index (χ4v) is 3.56. The smallest absolute Gasteiger partial charge is 0.251 e. The van der Waals surface area contributed by atoms with Gasteiger partial charge in [-0.1, -0.05) is 23.8 Å². The minimum absolute atomic E-state index is 0.0702. The summed E-state index contributed by atoms with van der Waals surface area (Å²) in [6.45, 7) is 6.44. The van der Waals surface area contributed by atoms with Crippen molar-refractivity contribution in [2.75, 3.05) is 23.3 Å². The van der Waals surface area contributed by atoms with Crippen LogP contribution in [0.15, 0.2) is 36.4 Å². The lowest BCUT2D eigenvalue weighted by molar-refractivity contribution is -0.117. The van der Waals surface area contributed by atoms with Crippen molar-refractivity contribution in [3.63, 3.8) is 0 Å². The van der Waals surface area contributed by atoms with Crippen molar-refractivity contribution in [1.29, 1.82) is 0 Å². The van der Waals surface area contributed by atoms with E-state index in [1.807, 2.05) is 39.0 Å². The number of carbonyl (C=O) groups excluding carboxylic acids is 3. The second-order valence-corrected chi connectivity index (χ2v) is 7.20. The first kappa shape index (κ1) is 19.6. The summed E-state index contributed by atoms with van der Waals surface area (Å²) in [5, 5.41) is 5.51. The number of carbonyl (C=O) groups is 3. The SMILES string of the molecule is Cc1cc(C)c(NC(=O)CNC(=O)c2cccc(N3CCCC3=O)c2)c(C)c1. The van der Waals surface area contributed by atoms with Gasteiger partial charge in [0, 0.05) is 29.9 Å². The van der Waals surface area contributed by atoms with Gasteiger partial charge in [0.2, 0.25) is 11.8 Å². The van der Waals surface area contributed by atoms with Crippen LogP contribution < -0.4 is 15.5 Å². The van der Waals surface area contributed by atoms with Crippen LogP contribution in [0.5, 0.6) is 0 Å². The molecule has 6 nitrogen and oxygen atoms in total. The number of hydrogen-bond donors (Lipinski definition) is 2. The van der Waals surface area contributed by atoms with Crippen molar-refractivity contribution in [1.82, 2.24) is 5.32 Å². The average Bonchev–Trinajstić information content (AvgIpc) is 3.08. The molecule has 3 rings (SSSR count). The van der Waals surface area contributed by atoms with Crippen molar-refractivity contribution in [3.8, 4) is 0 Å². The number of rotatable bonds is 5. The van der Waals surface area contributed by atoms with E-state index in [2.05, 4.69) is 10.6 Å². The Morgan fingerprint density at radius 1 is 1.07 bits per heavy atom. The van der Waals surface area contributed by atoms with E-state index in [9.17, 15) is 14.4 Å². The van der Waals surface area contributed by atoms with Crippen LogP contribution in [-0.2, 0) is 9.59 Å². The summed E-state index contributed by atoms with van der Waals surface area (Å²) in [4.78, 5) is 38.3. The molecule has 2 aromatic carbocycles. The number of nitrogens with one attached hydrogen (secondary N) is 2. The highest BCUT2D eigenvalue weighted by molar-refractivity contribution is 6.01. The molecule has 0 bridgehead atoms. The average molecular weight is 379 g/mol. The normalized spacial score (nSPS) is 13.5. The molecule has 0 aromatic heterocycles. The zero-order valence-electron chi connectivity index (χ0n) is 16.5. The number of amides is 3. The molecule has 0 atom stereocenters. The number of hydrogen-bond acceptors (Lipinski definition) is 3. The summed E-state index contributed by atoms with van der Waals surface area (Å²) < 4.78 is 0. The Morgan fingerprint density at radius 3 is 2.43 bits per heavy atom. The van der Waals surface area contributed by atoms with E-state index in [1.165, 1.54) is 0 Å². The maximum absolute atomic E-state index is 12.4. The maximum Gasteiger partial charge on any atom is 0.251 e. The third-order valence-corrected chi connectivity index (χ3v) is 4.84. The monoisotopic (exact) mass is 379 g/mol. The van der Waals surface area contributed by atoms with E-state index in [4.69, 9.17) is 0 Å². The summed E-state index contributed by atoms with van der Waals surface area (Å²) in [6, 6.07) is 10.9. The van der Waals surface area contributed by atoms with Crippen LogP contribution in [0.25, 0.3) is 0 Å². The summed E-state index contributed by atoms with van der Waals surface area (Å²) in [7, 11) is 0. The molecule has 1 aliphatic rings. The fraction of sp³-hybridized carbons (Fsp3) is 0.318. The topological polar surface area (TPSA) is 78.5 Å². The van der Waals surface area contributed by atoms with Gasteiger partial charge < -0.3 is 15.5 Å². The third kappa shape index (κ3) is 4.39. The molecule has 6 heteroatoms. The number of anilines is 2. The molecule has 0 radical (unpaired) electrons. The molecule has 28 heavy (non-hydrogen) atoms. The Kier molecular flexibility index (Phi) is 5.78. The maximum atomic E-state index is 12.4. The molecule has 3 amide bonds. The van der Waals surface area contributed by atoms with Crippen LogP contribution in [-0.4, -0.2) is 30.8 Å². The Hall–Kier alpha value is -3.15. The molecule has 146 valence electrons. The first-order valence-electron chi connectivity index (χ1n) is 9.41. The lowest BCUT2D eigenvalue weighted by Crippen LogP contribution is -2.33.